The molecule has 3 nitrogen and oxygen atoms in total. The maximum absolute atomic E-state index is 5.62. The minimum atomic E-state index is 0.550. The number of nitrogens with two attached hydrogens (primary N) is 1. The first-order chi connectivity index (χ1) is 6.85. The van der Waals surface area contributed by atoms with Crippen molar-refractivity contribution >= 4 is 0 Å². The summed E-state index contributed by atoms with van der Waals surface area (Å²) in [6.07, 6.45) is 6.69. The van der Waals surface area contributed by atoms with Crippen LogP contribution in [-0.2, 0) is 13.0 Å². The van der Waals surface area contributed by atoms with Crippen molar-refractivity contribution in [1.29, 1.82) is 0 Å². The van der Waals surface area contributed by atoms with Crippen LogP contribution in [0.5, 0.6) is 0 Å². The fourth-order valence-corrected chi connectivity index (χ4v) is 1.80. The van der Waals surface area contributed by atoms with Crippen molar-refractivity contribution in [1.82, 2.24) is 9.97 Å². The van der Waals surface area contributed by atoms with Gasteiger partial charge in [0.1, 0.15) is 5.82 Å². The van der Waals surface area contributed by atoms with Crippen molar-refractivity contribution in [2.24, 2.45) is 5.73 Å². The Morgan fingerprint density at radius 1 is 1.50 bits per heavy atom. The molecule has 1 fully saturated rings. The Labute approximate surface area is 84.8 Å². The fraction of sp³-hybridized carbons (Fsp3) is 0.636. The molecular formula is C11H17N3. The molecule has 3 heteroatoms. The number of hydrogen-bond donors (Lipinski definition) is 1. The van der Waals surface area contributed by atoms with E-state index in [-0.39, 0.29) is 0 Å². The van der Waals surface area contributed by atoms with Crippen molar-refractivity contribution in [2.45, 2.75) is 45.1 Å². The highest BCUT2D eigenvalue weighted by atomic mass is 14.9. The molecule has 1 heterocycles. The molecule has 0 saturated heterocycles. The van der Waals surface area contributed by atoms with Gasteiger partial charge in [0.25, 0.3) is 0 Å². The van der Waals surface area contributed by atoms with E-state index >= 15 is 0 Å². The zero-order valence-electron chi connectivity index (χ0n) is 8.66. The van der Waals surface area contributed by atoms with E-state index in [4.69, 9.17) is 5.73 Å². The van der Waals surface area contributed by atoms with Gasteiger partial charge in [-0.1, -0.05) is 13.3 Å². The van der Waals surface area contributed by atoms with Gasteiger partial charge in [-0.3, -0.25) is 0 Å². The third-order valence-electron chi connectivity index (χ3n) is 3.00. The summed E-state index contributed by atoms with van der Waals surface area (Å²) in [7, 11) is 0. The second kappa shape index (κ2) is 4.05. The third-order valence-corrected chi connectivity index (χ3v) is 3.00. The van der Waals surface area contributed by atoms with Gasteiger partial charge < -0.3 is 5.73 Å². The Bertz CT molecular complexity index is 318. The van der Waals surface area contributed by atoms with Crippen molar-refractivity contribution in [3.8, 4) is 0 Å². The second-order valence-electron chi connectivity index (χ2n) is 3.89. The Hall–Kier alpha value is -0.960. The number of aryl methyl sites for hydroxylation is 1. The Balaban J connectivity index is 2.26. The van der Waals surface area contributed by atoms with Crippen LogP contribution in [0.3, 0.4) is 0 Å². The average molecular weight is 191 g/mol. The standard InChI is InChI=1S/C11H17N3/c1-2-10-9(6-12)7-13-11(14-10)8-4-3-5-8/h7-8H,2-6,12H2,1H3. The molecule has 1 aliphatic carbocycles. The number of hydrogen-bond acceptors (Lipinski definition) is 3. The maximum atomic E-state index is 5.62. The molecule has 1 aliphatic rings. The smallest absolute Gasteiger partial charge is 0.131 e. The summed E-state index contributed by atoms with van der Waals surface area (Å²) in [6.45, 7) is 2.67. The summed E-state index contributed by atoms with van der Waals surface area (Å²) in [5.41, 5.74) is 7.84. The van der Waals surface area contributed by atoms with E-state index in [1.165, 1.54) is 19.3 Å². The van der Waals surface area contributed by atoms with E-state index in [2.05, 4.69) is 16.9 Å². The molecule has 2 rings (SSSR count). The summed E-state index contributed by atoms with van der Waals surface area (Å²) < 4.78 is 0. The SMILES string of the molecule is CCc1nc(C2CCC2)ncc1CN. The molecule has 0 radical (unpaired) electrons. The minimum absolute atomic E-state index is 0.550. The molecule has 0 amide bonds. The third kappa shape index (κ3) is 1.64. The molecule has 0 aliphatic heterocycles. The first kappa shape index (κ1) is 9.59. The fourth-order valence-electron chi connectivity index (χ4n) is 1.80. The van der Waals surface area contributed by atoms with E-state index in [0.29, 0.717) is 12.5 Å². The lowest BCUT2D eigenvalue weighted by atomic mass is 9.85. The predicted octanol–water partition coefficient (Wildman–Crippen LogP) is 1.77. The van der Waals surface area contributed by atoms with Crippen molar-refractivity contribution in [3.63, 3.8) is 0 Å². The van der Waals surface area contributed by atoms with Crippen molar-refractivity contribution in [3.05, 3.63) is 23.3 Å². The first-order valence-electron chi connectivity index (χ1n) is 5.40. The first-order valence-corrected chi connectivity index (χ1v) is 5.40. The second-order valence-corrected chi connectivity index (χ2v) is 3.89. The van der Waals surface area contributed by atoms with Gasteiger partial charge in [-0.2, -0.15) is 0 Å². The van der Waals surface area contributed by atoms with Crippen LogP contribution in [0, 0.1) is 0 Å². The molecule has 1 aromatic heterocycles. The molecule has 2 N–H and O–H groups in total. The van der Waals surface area contributed by atoms with Gasteiger partial charge in [0.15, 0.2) is 0 Å². The lowest BCUT2D eigenvalue weighted by molar-refractivity contribution is 0.400. The Morgan fingerprint density at radius 3 is 2.79 bits per heavy atom. The molecule has 0 bridgehead atoms. The Kier molecular flexibility index (Phi) is 2.77. The lowest BCUT2D eigenvalue weighted by Crippen LogP contribution is -2.15. The van der Waals surface area contributed by atoms with Crippen LogP contribution in [0.4, 0.5) is 0 Å². The number of nitrogens with zero attached hydrogens (tertiary/aromatic N) is 2. The van der Waals surface area contributed by atoms with Gasteiger partial charge in [-0.25, -0.2) is 9.97 Å². The van der Waals surface area contributed by atoms with Crippen LogP contribution >= 0.6 is 0 Å². The summed E-state index contributed by atoms with van der Waals surface area (Å²) in [5.74, 6) is 1.65. The zero-order valence-corrected chi connectivity index (χ0v) is 8.66. The van der Waals surface area contributed by atoms with Gasteiger partial charge >= 0.3 is 0 Å². The average Bonchev–Trinajstić information content (AvgIpc) is 2.15. The van der Waals surface area contributed by atoms with Crippen molar-refractivity contribution < 1.29 is 0 Å². The monoisotopic (exact) mass is 191 g/mol. The highest BCUT2D eigenvalue weighted by Crippen LogP contribution is 2.34. The van der Waals surface area contributed by atoms with Gasteiger partial charge in [0, 0.05) is 29.9 Å². The molecule has 0 aromatic carbocycles. The van der Waals surface area contributed by atoms with E-state index < -0.39 is 0 Å². The zero-order chi connectivity index (χ0) is 9.97. The number of rotatable bonds is 3. The maximum Gasteiger partial charge on any atom is 0.131 e. The van der Waals surface area contributed by atoms with Gasteiger partial charge in [-0.05, 0) is 19.3 Å². The van der Waals surface area contributed by atoms with Gasteiger partial charge in [0.2, 0.25) is 0 Å². The lowest BCUT2D eigenvalue weighted by Gasteiger charge is -2.24. The molecule has 0 spiro atoms. The normalized spacial score (nSPS) is 16.7. The molecular weight excluding hydrogens is 174 g/mol. The van der Waals surface area contributed by atoms with Crippen LogP contribution in [0.25, 0.3) is 0 Å². The van der Waals surface area contributed by atoms with Gasteiger partial charge in [-0.15, -0.1) is 0 Å². The Morgan fingerprint density at radius 2 is 2.29 bits per heavy atom. The summed E-state index contributed by atoms with van der Waals surface area (Å²) in [6, 6.07) is 0. The van der Waals surface area contributed by atoms with Gasteiger partial charge in [0.05, 0.1) is 0 Å². The predicted molar refractivity (Wildman–Crippen MR) is 55.9 cm³/mol. The molecule has 0 atom stereocenters. The van der Waals surface area contributed by atoms with E-state index in [9.17, 15) is 0 Å². The minimum Gasteiger partial charge on any atom is -0.326 e. The van der Waals surface area contributed by atoms with E-state index in [0.717, 1.165) is 23.5 Å². The summed E-state index contributed by atoms with van der Waals surface area (Å²) in [5, 5.41) is 0. The molecule has 1 aromatic rings. The van der Waals surface area contributed by atoms with E-state index in [1.807, 2.05) is 6.20 Å². The molecule has 1 saturated carbocycles. The molecule has 14 heavy (non-hydrogen) atoms. The molecule has 76 valence electrons. The topological polar surface area (TPSA) is 51.8 Å². The quantitative estimate of drug-likeness (QED) is 0.792. The number of aromatic nitrogens is 2. The van der Waals surface area contributed by atoms with Crippen molar-refractivity contribution in [2.75, 3.05) is 0 Å². The summed E-state index contributed by atoms with van der Waals surface area (Å²) in [4.78, 5) is 8.98. The van der Waals surface area contributed by atoms with Crippen LogP contribution in [-0.4, -0.2) is 9.97 Å². The largest absolute Gasteiger partial charge is 0.326 e. The molecule has 0 unspecified atom stereocenters. The van der Waals surface area contributed by atoms with Crippen LogP contribution < -0.4 is 5.73 Å². The van der Waals surface area contributed by atoms with Crippen LogP contribution in [0.15, 0.2) is 6.20 Å². The van der Waals surface area contributed by atoms with Crippen LogP contribution in [0.2, 0.25) is 0 Å². The van der Waals surface area contributed by atoms with Crippen LogP contribution in [0.1, 0.15) is 49.2 Å². The van der Waals surface area contributed by atoms with E-state index in [1.54, 1.807) is 0 Å². The highest BCUT2D eigenvalue weighted by Gasteiger charge is 2.22. The highest BCUT2D eigenvalue weighted by molar-refractivity contribution is 5.19. The summed E-state index contributed by atoms with van der Waals surface area (Å²) >= 11 is 0.